The first-order valence-corrected chi connectivity index (χ1v) is 6.36. The van der Waals surface area contributed by atoms with Crippen LogP contribution in [0.1, 0.15) is 19.3 Å². The third kappa shape index (κ3) is 1.71. The van der Waals surface area contributed by atoms with Crippen LogP contribution in [0.3, 0.4) is 0 Å². The van der Waals surface area contributed by atoms with Gasteiger partial charge in [-0.05, 0) is 32.0 Å². The third-order valence-electron chi connectivity index (χ3n) is 4.21. The fraction of sp³-hybridized carbons (Fsp3) is 0.571. The number of rotatable bonds is 1. The predicted octanol–water partition coefficient (Wildman–Crippen LogP) is 2.36. The van der Waals surface area contributed by atoms with E-state index in [0.29, 0.717) is 0 Å². The van der Waals surface area contributed by atoms with Gasteiger partial charge in [0.1, 0.15) is 0 Å². The molecule has 1 aromatic rings. The molecule has 2 saturated heterocycles. The van der Waals surface area contributed by atoms with Crippen molar-refractivity contribution < 1.29 is 0 Å². The number of para-hydroxylation sites is 1. The minimum atomic E-state index is 0.771. The quantitative estimate of drug-likeness (QED) is 0.711. The van der Waals surface area contributed by atoms with Gasteiger partial charge in [0.15, 0.2) is 0 Å². The molecule has 0 saturated carbocycles. The number of likely N-dealkylation sites (N-methyl/N-ethyl adjacent to an activating group) is 1. The maximum Gasteiger partial charge on any atom is 0.0367 e. The van der Waals surface area contributed by atoms with E-state index in [1.165, 1.54) is 38.0 Å². The Morgan fingerprint density at radius 2 is 1.62 bits per heavy atom. The smallest absolute Gasteiger partial charge is 0.0367 e. The largest absolute Gasteiger partial charge is 0.368 e. The molecular formula is C14H20N2. The molecule has 2 heteroatoms. The SMILES string of the molecule is CN1C2CCCC1CN(c1ccccc1)C2. The molecule has 0 N–H and O–H groups in total. The minimum Gasteiger partial charge on any atom is -0.368 e. The van der Waals surface area contributed by atoms with Crippen LogP contribution >= 0.6 is 0 Å². The summed E-state index contributed by atoms with van der Waals surface area (Å²) in [4.78, 5) is 5.16. The van der Waals surface area contributed by atoms with E-state index in [1.807, 2.05) is 0 Å². The second kappa shape index (κ2) is 4.10. The highest BCUT2D eigenvalue weighted by Crippen LogP contribution is 2.29. The summed E-state index contributed by atoms with van der Waals surface area (Å²) < 4.78 is 0. The number of hydrogen-bond donors (Lipinski definition) is 0. The Morgan fingerprint density at radius 1 is 1.00 bits per heavy atom. The van der Waals surface area contributed by atoms with E-state index in [9.17, 15) is 0 Å². The molecule has 2 aliphatic heterocycles. The molecular weight excluding hydrogens is 196 g/mol. The maximum absolute atomic E-state index is 2.60. The molecule has 0 aliphatic carbocycles. The van der Waals surface area contributed by atoms with Gasteiger partial charge in [-0.2, -0.15) is 0 Å². The molecule has 2 aliphatic rings. The lowest BCUT2D eigenvalue weighted by Crippen LogP contribution is -2.59. The molecule has 0 amide bonds. The van der Waals surface area contributed by atoms with Gasteiger partial charge < -0.3 is 4.90 Å². The van der Waals surface area contributed by atoms with E-state index in [4.69, 9.17) is 0 Å². The number of piperidine rings is 1. The zero-order chi connectivity index (χ0) is 11.0. The Morgan fingerprint density at radius 3 is 2.25 bits per heavy atom. The van der Waals surface area contributed by atoms with Crippen LogP contribution in [0, 0.1) is 0 Å². The Labute approximate surface area is 97.9 Å². The lowest BCUT2D eigenvalue weighted by Gasteiger charge is -2.49. The number of hydrogen-bond acceptors (Lipinski definition) is 2. The molecule has 2 nitrogen and oxygen atoms in total. The van der Waals surface area contributed by atoms with Gasteiger partial charge >= 0.3 is 0 Å². The summed E-state index contributed by atoms with van der Waals surface area (Å²) in [6.45, 7) is 2.41. The van der Waals surface area contributed by atoms with Gasteiger partial charge in [0.05, 0.1) is 0 Å². The number of benzene rings is 1. The molecule has 16 heavy (non-hydrogen) atoms. The molecule has 86 valence electrons. The number of piperazine rings is 1. The molecule has 0 radical (unpaired) electrons. The highest BCUT2D eigenvalue weighted by atomic mass is 15.3. The van der Waals surface area contributed by atoms with Crippen molar-refractivity contribution in [1.82, 2.24) is 4.90 Å². The van der Waals surface area contributed by atoms with E-state index in [1.54, 1.807) is 0 Å². The molecule has 2 fully saturated rings. The highest BCUT2D eigenvalue weighted by molar-refractivity contribution is 5.47. The van der Waals surface area contributed by atoms with Gasteiger partial charge in [-0.15, -0.1) is 0 Å². The van der Waals surface area contributed by atoms with Gasteiger partial charge in [-0.1, -0.05) is 24.6 Å². The van der Waals surface area contributed by atoms with Crippen molar-refractivity contribution in [3.63, 3.8) is 0 Å². The van der Waals surface area contributed by atoms with Crippen LogP contribution in [0.25, 0.3) is 0 Å². The van der Waals surface area contributed by atoms with Crippen molar-refractivity contribution in [3.8, 4) is 0 Å². The van der Waals surface area contributed by atoms with Gasteiger partial charge in [-0.25, -0.2) is 0 Å². The second-order valence-electron chi connectivity index (χ2n) is 5.14. The van der Waals surface area contributed by atoms with Crippen LogP contribution in [-0.4, -0.2) is 37.1 Å². The molecule has 2 heterocycles. The van der Waals surface area contributed by atoms with E-state index >= 15 is 0 Å². The van der Waals surface area contributed by atoms with Gasteiger partial charge in [0.2, 0.25) is 0 Å². The summed E-state index contributed by atoms with van der Waals surface area (Å²) in [5.74, 6) is 0. The maximum atomic E-state index is 2.60. The van der Waals surface area contributed by atoms with Crippen LogP contribution < -0.4 is 4.90 Å². The van der Waals surface area contributed by atoms with E-state index in [0.717, 1.165) is 12.1 Å². The average Bonchev–Trinajstić information content (AvgIpc) is 2.30. The van der Waals surface area contributed by atoms with Crippen LogP contribution in [0.5, 0.6) is 0 Å². The summed E-state index contributed by atoms with van der Waals surface area (Å²) >= 11 is 0. The summed E-state index contributed by atoms with van der Waals surface area (Å²) in [5, 5.41) is 0. The van der Waals surface area contributed by atoms with Crippen molar-refractivity contribution in [2.24, 2.45) is 0 Å². The standard InChI is InChI=1S/C14H20N2/c1-15-13-8-5-9-14(15)11-16(10-13)12-6-3-2-4-7-12/h2-4,6-7,13-14H,5,8-11H2,1H3. The highest BCUT2D eigenvalue weighted by Gasteiger charge is 2.34. The average molecular weight is 216 g/mol. The monoisotopic (exact) mass is 216 g/mol. The predicted molar refractivity (Wildman–Crippen MR) is 67.8 cm³/mol. The third-order valence-corrected chi connectivity index (χ3v) is 4.21. The van der Waals surface area contributed by atoms with Crippen molar-refractivity contribution in [2.45, 2.75) is 31.3 Å². The molecule has 0 spiro atoms. The molecule has 0 aromatic heterocycles. The van der Waals surface area contributed by atoms with E-state index < -0.39 is 0 Å². The Hall–Kier alpha value is -1.02. The lowest BCUT2D eigenvalue weighted by molar-refractivity contribution is 0.0950. The zero-order valence-electron chi connectivity index (χ0n) is 9.97. The first-order valence-electron chi connectivity index (χ1n) is 6.36. The van der Waals surface area contributed by atoms with E-state index in [2.05, 4.69) is 47.2 Å². The first-order chi connectivity index (χ1) is 7.84. The minimum absolute atomic E-state index is 0.771. The second-order valence-corrected chi connectivity index (χ2v) is 5.14. The van der Waals surface area contributed by atoms with Crippen molar-refractivity contribution in [3.05, 3.63) is 30.3 Å². The summed E-state index contributed by atoms with van der Waals surface area (Å²) in [6, 6.07) is 12.4. The molecule has 2 bridgehead atoms. The van der Waals surface area contributed by atoms with Crippen molar-refractivity contribution >= 4 is 5.69 Å². The zero-order valence-corrected chi connectivity index (χ0v) is 9.97. The molecule has 1 aromatic carbocycles. The van der Waals surface area contributed by atoms with Crippen molar-refractivity contribution in [2.75, 3.05) is 25.0 Å². The topological polar surface area (TPSA) is 6.48 Å². The summed E-state index contributed by atoms with van der Waals surface area (Å²) in [5.41, 5.74) is 1.40. The van der Waals surface area contributed by atoms with Crippen LogP contribution in [0.4, 0.5) is 5.69 Å². The van der Waals surface area contributed by atoms with Crippen LogP contribution in [0.2, 0.25) is 0 Å². The van der Waals surface area contributed by atoms with E-state index in [-0.39, 0.29) is 0 Å². The fourth-order valence-electron chi connectivity index (χ4n) is 3.17. The van der Waals surface area contributed by atoms with Gasteiger partial charge in [0, 0.05) is 30.9 Å². The van der Waals surface area contributed by atoms with Crippen LogP contribution in [-0.2, 0) is 0 Å². The van der Waals surface area contributed by atoms with Crippen molar-refractivity contribution in [1.29, 1.82) is 0 Å². The normalized spacial score (nSPS) is 30.4. The van der Waals surface area contributed by atoms with Gasteiger partial charge in [0.25, 0.3) is 0 Å². The summed E-state index contributed by atoms with van der Waals surface area (Å²) in [6.07, 6.45) is 4.16. The Bertz CT molecular complexity index is 335. The van der Waals surface area contributed by atoms with Crippen LogP contribution in [0.15, 0.2) is 30.3 Å². The lowest BCUT2D eigenvalue weighted by atomic mass is 9.92. The molecule has 2 unspecified atom stereocenters. The first kappa shape index (κ1) is 10.2. The number of nitrogens with zero attached hydrogens (tertiary/aromatic N) is 2. The summed E-state index contributed by atoms with van der Waals surface area (Å²) in [7, 11) is 2.30. The van der Waals surface area contributed by atoms with Gasteiger partial charge in [-0.3, -0.25) is 4.90 Å². The Balaban J connectivity index is 1.80. The number of fused-ring (bicyclic) bond motifs is 2. The molecule has 2 atom stereocenters. The number of anilines is 1. The molecule has 3 rings (SSSR count). The Kier molecular flexibility index (Phi) is 2.60. The fourth-order valence-corrected chi connectivity index (χ4v) is 3.17.